The average molecular weight is 440 g/mol. The van der Waals surface area contributed by atoms with Gasteiger partial charge >= 0.3 is 0 Å². The van der Waals surface area contributed by atoms with E-state index in [-0.39, 0.29) is 24.1 Å². The van der Waals surface area contributed by atoms with Gasteiger partial charge in [0.05, 0.1) is 12.8 Å². The molecule has 0 spiro atoms. The molecule has 2 aromatic carbocycles. The predicted octanol–water partition coefficient (Wildman–Crippen LogP) is 4.68. The van der Waals surface area contributed by atoms with E-state index in [0.29, 0.717) is 17.9 Å². The van der Waals surface area contributed by atoms with Crippen LogP contribution in [0.25, 0.3) is 0 Å². The second kappa shape index (κ2) is 10.4. The molecule has 6 heteroatoms. The highest BCUT2D eigenvalue weighted by Gasteiger charge is 2.33. The maximum atomic E-state index is 13.6. The maximum Gasteiger partial charge on any atom is 0.273 e. The quantitative estimate of drug-likeness (QED) is 0.432. The number of aromatic nitrogens is 1. The Hall–Kier alpha value is -4.19. The largest absolute Gasteiger partial charge is 0.467 e. The van der Waals surface area contributed by atoms with Gasteiger partial charge in [-0.2, -0.15) is 0 Å². The molecule has 1 atom stereocenters. The number of carbonyl (C=O) groups excluding carboxylic acids is 2. The lowest BCUT2D eigenvalue weighted by atomic mass is 10.0. The van der Waals surface area contributed by atoms with Crippen LogP contribution in [0.1, 0.15) is 39.0 Å². The summed E-state index contributed by atoms with van der Waals surface area (Å²) < 4.78 is 5.52. The number of rotatable bonds is 8. The zero-order valence-corrected chi connectivity index (χ0v) is 18.3. The minimum atomic E-state index is -0.867. The van der Waals surface area contributed by atoms with Crippen LogP contribution in [0.3, 0.4) is 0 Å². The molecule has 0 bridgehead atoms. The van der Waals surface area contributed by atoms with Gasteiger partial charge in [0.1, 0.15) is 17.5 Å². The summed E-state index contributed by atoms with van der Waals surface area (Å²) in [5.74, 6) is -0.0572. The number of hydrogen-bond donors (Lipinski definition) is 1. The van der Waals surface area contributed by atoms with E-state index in [1.807, 2.05) is 61.5 Å². The highest BCUT2D eigenvalue weighted by molar-refractivity contribution is 5.96. The van der Waals surface area contributed by atoms with Crippen molar-refractivity contribution in [3.8, 4) is 0 Å². The van der Waals surface area contributed by atoms with Crippen molar-refractivity contribution < 1.29 is 14.0 Å². The number of carbonyl (C=O) groups is 2. The summed E-state index contributed by atoms with van der Waals surface area (Å²) in [6, 6.07) is 25.1. The monoisotopic (exact) mass is 439 g/mol. The molecule has 166 valence electrons. The third-order valence-corrected chi connectivity index (χ3v) is 5.31. The van der Waals surface area contributed by atoms with Crippen molar-refractivity contribution in [1.82, 2.24) is 15.2 Å². The summed E-state index contributed by atoms with van der Waals surface area (Å²) in [5.41, 5.74) is 3.01. The zero-order valence-electron chi connectivity index (χ0n) is 18.3. The van der Waals surface area contributed by atoms with Gasteiger partial charge in [-0.15, -0.1) is 0 Å². The normalized spacial score (nSPS) is 11.5. The highest BCUT2D eigenvalue weighted by Crippen LogP contribution is 2.26. The Balaban J connectivity index is 1.70. The van der Waals surface area contributed by atoms with Crippen molar-refractivity contribution in [2.75, 3.05) is 0 Å². The van der Waals surface area contributed by atoms with Crippen molar-refractivity contribution in [2.45, 2.75) is 26.1 Å². The Bertz CT molecular complexity index is 1170. The van der Waals surface area contributed by atoms with Crippen molar-refractivity contribution >= 4 is 11.8 Å². The van der Waals surface area contributed by atoms with Crippen LogP contribution < -0.4 is 5.32 Å². The number of furan rings is 1. The van der Waals surface area contributed by atoms with E-state index in [9.17, 15) is 9.59 Å². The van der Waals surface area contributed by atoms with Crippen LogP contribution in [0, 0.1) is 6.92 Å². The number of aryl methyl sites for hydroxylation is 1. The summed E-state index contributed by atoms with van der Waals surface area (Å²) in [7, 11) is 0. The summed E-state index contributed by atoms with van der Waals surface area (Å²) in [5, 5.41) is 2.99. The van der Waals surface area contributed by atoms with Gasteiger partial charge in [0.2, 0.25) is 5.91 Å². The third kappa shape index (κ3) is 5.54. The van der Waals surface area contributed by atoms with E-state index < -0.39 is 6.04 Å². The Morgan fingerprint density at radius 2 is 1.70 bits per heavy atom. The van der Waals surface area contributed by atoms with E-state index in [4.69, 9.17) is 4.42 Å². The molecule has 2 amide bonds. The Labute approximate surface area is 192 Å². The smallest absolute Gasteiger partial charge is 0.273 e. The Morgan fingerprint density at radius 3 is 2.36 bits per heavy atom. The number of benzene rings is 2. The van der Waals surface area contributed by atoms with E-state index in [1.165, 1.54) is 4.90 Å². The predicted molar refractivity (Wildman–Crippen MR) is 125 cm³/mol. The third-order valence-electron chi connectivity index (χ3n) is 5.31. The number of nitrogens with one attached hydrogen (secondary N) is 1. The van der Waals surface area contributed by atoms with Crippen LogP contribution in [0.15, 0.2) is 102 Å². The molecule has 6 nitrogen and oxygen atoms in total. The highest BCUT2D eigenvalue weighted by atomic mass is 16.3. The topological polar surface area (TPSA) is 75.4 Å². The molecule has 0 saturated heterocycles. The van der Waals surface area contributed by atoms with E-state index in [1.54, 1.807) is 42.8 Å². The Morgan fingerprint density at radius 1 is 0.939 bits per heavy atom. The molecule has 0 aliphatic carbocycles. The Kier molecular flexibility index (Phi) is 6.95. The van der Waals surface area contributed by atoms with Gasteiger partial charge < -0.3 is 14.6 Å². The molecular weight excluding hydrogens is 414 g/mol. The first-order chi connectivity index (χ1) is 16.1. The second-order valence-electron chi connectivity index (χ2n) is 7.74. The first-order valence-electron chi connectivity index (χ1n) is 10.7. The van der Waals surface area contributed by atoms with Crippen molar-refractivity contribution in [1.29, 1.82) is 0 Å². The average Bonchev–Trinajstić information content (AvgIpc) is 3.37. The molecule has 2 aromatic heterocycles. The minimum absolute atomic E-state index is 0.125. The standard InChI is InChI=1S/C27H25N3O3/c1-20-12-14-22(15-13-20)25(26(31)29-18-21-8-3-2-4-9-21)30(19-23-10-7-17-33-23)27(32)24-11-5-6-16-28-24/h2-17,25H,18-19H2,1H3,(H,29,31). The zero-order chi connectivity index (χ0) is 23.0. The molecule has 2 heterocycles. The molecule has 0 radical (unpaired) electrons. The van der Waals surface area contributed by atoms with Crippen molar-refractivity contribution in [3.63, 3.8) is 0 Å². The van der Waals surface area contributed by atoms with Gasteiger partial charge in [0.15, 0.2) is 0 Å². The lowest BCUT2D eigenvalue weighted by Gasteiger charge is -2.30. The van der Waals surface area contributed by atoms with Gasteiger partial charge in [0, 0.05) is 12.7 Å². The number of amides is 2. The molecule has 4 rings (SSSR count). The molecule has 33 heavy (non-hydrogen) atoms. The second-order valence-corrected chi connectivity index (χ2v) is 7.74. The van der Waals surface area contributed by atoms with E-state index in [0.717, 1.165) is 11.1 Å². The fourth-order valence-corrected chi connectivity index (χ4v) is 3.59. The van der Waals surface area contributed by atoms with Crippen LogP contribution in [0.4, 0.5) is 0 Å². The summed E-state index contributed by atoms with van der Waals surface area (Å²) in [4.78, 5) is 32.8. The number of nitrogens with zero attached hydrogens (tertiary/aromatic N) is 2. The summed E-state index contributed by atoms with van der Waals surface area (Å²) >= 11 is 0. The lowest BCUT2D eigenvalue weighted by Crippen LogP contribution is -2.43. The van der Waals surface area contributed by atoms with Gasteiger partial charge in [-0.05, 0) is 42.3 Å². The molecule has 0 saturated carbocycles. The molecule has 4 aromatic rings. The minimum Gasteiger partial charge on any atom is -0.467 e. The SMILES string of the molecule is Cc1ccc(C(C(=O)NCc2ccccc2)N(Cc2ccco2)C(=O)c2ccccn2)cc1. The molecule has 1 N–H and O–H groups in total. The van der Waals surface area contributed by atoms with E-state index >= 15 is 0 Å². The fourth-order valence-electron chi connectivity index (χ4n) is 3.59. The molecule has 0 aliphatic rings. The van der Waals surface area contributed by atoms with Crippen LogP contribution in [-0.4, -0.2) is 21.7 Å². The summed E-state index contributed by atoms with van der Waals surface area (Å²) in [6.07, 6.45) is 3.11. The van der Waals surface area contributed by atoms with Crippen LogP contribution in [-0.2, 0) is 17.9 Å². The van der Waals surface area contributed by atoms with Crippen LogP contribution >= 0.6 is 0 Å². The fraction of sp³-hybridized carbons (Fsp3) is 0.148. The van der Waals surface area contributed by atoms with Crippen LogP contribution in [0.2, 0.25) is 0 Å². The molecular formula is C27H25N3O3. The van der Waals surface area contributed by atoms with Gasteiger partial charge in [-0.1, -0.05) is 66.2 Å². The molecule has 1 unspecified atom stereocenters. The van der Waals surface area contributed by atoms with Crippen LogP contribution in [0.5, 0.6) is 0 Å². The number of hydrogen-bond acceptors (Lipinski definition) is 4. The van der Waals surface area contributed by atoms with Gasteiger partial charge in [-0.3, -0.25) is 14.6 Å². The first kappa shape index (κ1) is 22.0. The van der Waals surface area contributed by atoms with Crippen molar-refractivity contribution in [2.24, 2.45) is 0 Å². The maximum absolute atomic E-state index is 13.6. The summed E-state index contributed by atoms with van der Waals surface area (Å²) in [6.45, 7) is 2.46. The van der Waals surface area contributed by atoms with Gasteiger partial charge in [0.25, 0.3) is 5.91 Å². The lowest BCUT2D eigenvalue weighted by molar-refractivity contribution is -0.126. The molecule has 0 fully saturated rings. The molecule has 0 aliphatic heterocycles. The van der Waals surface area contributed by atoms with Gasteiger partial charge in [-0.25, -0.2) is 0 Å². The van der Waals surface area contributed by atoms with E-state index in [2.05, 4.69) is 10.3 Å². The number of pyridine rings is 1. The van der Waals surface area contributed by atoms with Crippen molar-refractivity contribution in [3.05, 3.63) is 126 Å². The first-order valence-corrected chi connectivity index (χ1v) is 10.7.